The van der Waals surface area contributed by atoms with Crippen LogP contribution in [-0.2, 0) is 9.59 Å². The van der Waals surface area contributed by atoms with Gasteiger partial charge in [-0.05, 0) is 30.4 Å². The number of carbonyl (C=O) groups excluding carboxylic acids is 2. The number of hydrogen-bond donors (Lipinski definition) is 1. The summed E-state index contributed by atoms with van der Waals surface area (Å²) in [5.41, 5.74) is 2.53. The number of nitrogens with one attached hydrogen (secondary N) is 1. The third-order valence-electron chi connectivity index (χ3n) is 7.61. The van der Waals surface area contributed by atoms with Gasteiger partial charge < -0.3 is 10.2 Å². The normalized spacial score (nSPS) is 11.1. The van der Waals surface area contributed by atoms with Gasteiger partial charge >= 0.3 is 0 Å². The highest BCUT2D eigenvalue weighted by atomic mass is 16.2. The molecule has 4 nitrogen and oxygen atoms in total. The molecule has 0 saturated heterocycles. The van der Waals surface area contributed by atoms with Gasteiger partial charge in [0.25, 0.3) is 0 Å². The van der Waals surface area contributed by atoms with E-state index in [1.165, 1.54) is 68.9 Å². The Morgan fingerprint density at radius 3 is 1.67 bits per heavy atom. The summed E-state index contributed by atoms with van der Waals surface area (Å²) in [6, 6.07) is 21.0. The van der Waals surface area contributed by atoms with Gasteiger partial charge in [-0.2, -0.15) is 0 Å². The maximum absolute atomic E-state index is 12.8. The number of unbranched alkanes of at least 4 members (excludes halogenated alkanes) is 10. The average molecular weight is 535 g/mol. The summed E-state index contributed by atoms with van der Waals surface area (Å²) in [6.45, 7) is 6.22. The molecule has 2 amide bonds. The minimum Gasteiger partial charge on any atom is -0.356 e. The Labute approximate surface area is 239 Å². The van der Waals surface area contributed by atoms with Crippen LogP contribution in [0.1, 0.15) is 127 Å². The lowest BCUT2D eigenvalue weighted by Gasteiger charge is -2.22. The molecule has 2 aromatic rings. The predicted molar refractivity (Wildman–Crippen MR) is 165 cm³/mol. The van der Waals surface area contributed by atoms with E-state index in [2.05, 4.69) is 67.7 Å². The third-order valence-corrected chi connectivity index (χ3v) is 7.61. The fourth-order valence-corrected chi connectivity index (χ4v) is 5.31. The summed E-state index contributed by atoms with van der Waals surface area (Å²) in [5.74, 6) is 0.476. The second kappa shape index (κ2) is 21.2. The van der Waals surface area contributed by atoms with E-state index in [0.29, 0.717) is 25.9 Å². The molecule has 0 aliphatic rings. The molecular weight excluding hydrogens is 480 g/mol. The highest BCUT2D eigenvalue weighted by Gasteiger charge is 2.16. The van der Waals surface area contributed by atoms with Crippen LogP contribution in [-0.4, -0.2) is 36.3 Å². The lowest BCUT2D eigenvalue weighted by Crippen LogP contribution is -2.36. The standard InChI is InChI=1S/C35H54N2O2/c1-3-5-6-7-8-9-10-11-12-13-20-25-35(39)37(29-4-2)30-27-34(38)36-28-26-33(31-21-16-14-17-22-31)32-23-18-15-19-24-32/h14-19,21-24,33H,3-13,20,25-30H2,1-2H3,(H,36,38). The van der Waals surface area contributed by atoms with Crippen molar-refractivity contribution >= 4 is 11.8 Å². The van der Waals surface area contributed by atoms with Crippen LogP contribution in [0.15, 0.2) is 60.7 Å². The Morgan fingerprint density at radius 1 is 0.641 bits per heavy atom. The van der Waals surface area contributed by atoms with Gasteiger partial charge in [0.2, 0.25) is 11.8 Å². The van der Waals surface area contributed by atoms with Crippen LogP contribution in [0.4, 0.5) is 0 Å². The van der Waals surface area contributed by atoms with Crippen LogP contribution in [0.3, 0.4) is 0 Å². The molecule has 0 aliphatic carbocycles. The van der Waals surface area contributed by atoms with Crippen molar-refractivity contribution in [2.45, 2.75) is 116 Å². The molecule has 2 aromatic carbocycles. The molecule has 0 atom stereocenters. The number of amides is 2. The number of hydrogen-bond acceptors (Lipinski definition) is 2. The molecule has 216 valence electrons. The first kappa shape index (κ1) is 32.6. The molecule has 0 spiro atoms. The van der Waals surface area contributed by atoms with Crippen molar-refractivity contribution in [3.8, 4) is 0 Å². The maximum Gasteiger partial charge on any atom is 0.222 e. The molecular formula is C35H54N2O2. The minimum atomic E-state index is 0.0264. The Balaban J connectivity index is 1.64. The summed E-state index contributed by atoms with van der Waals surface area (Å²) in [6.07, 6.45) is 16.9. The smallest absolute Gasteiger partial charge is 0.222 e. The number of rotatable bonds is 22. The van der Waals surface area contributed by atoms with Gasteiger partial charge in [-0.1, -0.05) is 139 Å². The molecule has 0 aliphatic heterocycles. The zero-order valence-corrected chi connectivity index (χ0v) is 24.8. The molecule has 0 bridgehead atoms. The molecule has 1 N–H and O–H groups in total. The van der Waals surface area contributed by atoms with E-state index in [1.807, 2.05) is 17.0 Å². The van der Waals surface area contributed by atoms with Crippen molar-refractivity contribution in [3.05, 3.63) is 71.8 Å². The third kappa shape index (κ3) is 14.4. The summed E-state index contributed by atoms with van der Waals surface area (Å²) in [5, 5.41) is 3.10. The fraction of sp³-hybridized carbons (Fsp3) is 0.600. The van der Waals surface area contributed by atoms with Gasteiger partial charge in [0.15, 0.2) is 0 Å². The number of benzene rings is 2. The second-order valence-electron chi connectivity index (χ2n) is 10.9. The van der Waals surface area contributed by atoms with Crippen LogP contribution in [0, 0.1) is 0 Å². The lowest BCUT2D eigenvalue weighted by molar-refractivity contribution is -0.132. The van der Waals surface area contributed by atoms with Crippen LogP contribution in [0.2, 0.25) is 0 Å². The Kier molecular flexibility index (Phi) is 17.7. The van der Waals surface area contributed by atoms with Gasteiger partial charge in [0, 0.05) is 38.4 Å². The number of nitrogens with zero attached hydrogens (tertiary/aromatic N) is 1. The fourth-order valence-electron chi connectivity index (χ4n) is 5.31. The lowest BCUT2D eigenvalue weighted by atomic mass is 9.88. The molecule has 0 saturated carbocycles. The minimum absolute atomic E-state index is 0.0264. The Morgan fingerprint density at radius 2 is 1.15 bits per heavy atom. The van der Waals surface area contributed by atoms with Gasteiger partial charge in [-0.25, -0.2) is 0 Å². The molecule has 2 rings (SSSR count). The van der Waals surface area contributed by atoms with E-state index in [1.54, 1.807) is 0 Å². The monoisotopic (exact) mass is 534 g/mol. The molecule has 0 radical (unpaired) electrons. The molecule has 0 fully saturated rings. The summed E-state index contributed by atoms with van der Waals surface area (Å²) < 4.78 is 0. The van der Waals surface area contributed by atoms with Gasteiger partial charge in [-0.15, -0.1) is 0 Å². The van der Waals surface area contributed by atoms with Crippen molar-refractivity contribution < 1.29 is 9.59 Å². The number of carbonyl (C=O) groups is 2. The first-order chi connectivity index (χ1) is 19.2. The first-order valence-electron chi connectivity index (χ1n) is 15.8. The van der Waals surface area contributed by atoms with Crippen molar-refractivity contribution in [2.24, 2.45) is 0 Å². The molecule has 0 unspecified atom stereocenters. The van der Waals surface area contributed by atoms with E-state index in [-0.39, 0.29) is 17.7 Å². The van der Waals surface area contributed by atoms with Crippen LogP contribution < -0.4 is 5.32 Å². The zero-order valence-electron chi connectivity index (χ0n) is 24.8. The van der Waals surface area contributed by atoms with Crippen molar-refractivity contribution in [2.75, 3.05) is 19.6 Å². The highest BCUT2D eigenvalue weighted by Crippen LogP contribution is 2.27. The Hall–Kier alpha value is -2.62. The summed E-state index contributed by atoms with van der Waals surface area (Å²) in [4.78, 5) is 27.4. The Bertz CT molecular complexity index is 845. The van der Waals surface area contributed by atoms with Crippen molar-refractivity contribution in [1.82, 2.24) is 10.2 Å². The van der Waals surface area contributed by atoms with Crippen LogP contribution in [0.5, 0.6) is 0 Å². The van der Waals surface area contributed by atoms with Crippen LogP contribution >= 0.6 is 0 Å². The van der Waals surface area contributed by atoms with E-state index in [0.717, 1.165) is 32.2 Å². The first-order valence-corrected chi connectivity index (χ1v) is 15.8. The highest BCUT2D eigenvalue weighted by molar-refractivity contribution is 5.79. The second-order valence-corrected chi connectivity index (χ2v) is 10.9. The summed E-state index contributed by atoms with van der Waals surface area (Å²) in [7, 11) is 0. The molecule has 0 aromatic heterocycles. The molecule has 39 heavy (non-hydrogen) atoms. The maximum atomic E-state index is 12.8. The molecule has 0 heterocycles. The SMILES string of the molecule is CCCCCCCCCCCCCC(=O)N(CCC)CCC(=O)NCCC(c1ccccc1)c1ccccc1. The quantitative estimate of drug-likeness (QED) is 0.154. The molecule has 4 heteroatoms. The van der Waals surface area contributed by atoms with E-state index in [9.17, 15) is 9.59 Å². The topological polar surface area (TPSA) is 49.4 Å². The van der Waals surface area contributed by atoms with Crippen molar-refractivity contribution in [1.29, 1.82) is 0 Å². The summed E-state index contributed by atoms with van der Waals surface area (Å²) >= 11 is 0. The largest absolute Gasteiger partial charge is 0.356 e. The van der Waals surface area contributed by atoms with Crippen LogP contribution in [0.25, 0.3) is 0 Å². The van der Waals surface area contributed by atoms with Crippen molar-refractivity contribution in [3.63, 3.8) is 0 Å². The van der Waals surface area contributed by atoms with Gasteiger partial charge in [0.05, 0.1) is 0 Å². The van der Waals surface area contributed by atoms with Gasteiger partial charge in [-0.3, -0.25) is 9.59 Å². The van der Waals surface area contributed by atoms with E-state index in [4.69, 9.17) is 0 Å². The van der Waals surface area contributed by atoms with E-state index >= 15 is 0 Å². The average Bonchev–Trinajstić information content (AvgIpc) is 2.97. The zero-order chi connectivity index (χ0) is 28.0. The van der Waals surface area contributed by atoms with E-state index < -0.39 is 0 Å². The predicted octanol–water partition coefficient (Wildman–Crippen LogP) is 8.65. The van der Waals surface area contributed by atoms with Gasteiger partial charge in [0.1, 0.15) is 0 Å².